The van der Waals surface area contributed by atoms with Crippen LogP contribution in [0.1, 0.15) is 48.5 Å². The maximum absolute atomic E-state index is 10.3. The predicted octanol–water partition coefficient (Wildman–Crippen LogP) is 3.31. The number of aliphatic hydroxyl groups excluding tert-OH is 1. The Morgan fingerprint density at radius 1 is 1.25 bits per heavy atom. The van der Waals surface area contributed by atoms with Crippen LogP contribution in [0.15, 0.2) is 18.2 Å². The molecule has 3 heteroatoms. The van der Waals surface area contributed by atoms with E-state index in [0.29, 0.717) is 12.7 Å². The van der Waals surface area contributed by atoms with Crippen molar-refractivity contribution in [1.82, 2.24) is 0 Å². The number of ether oxygens (including phenoxy) is 2. The minimum Gasteiger partial charge on any atom is -0.386 e. The standard InChI is InChI=1S/C17H26O3/c1-12-7-8-13(2)16(9-12)17(18)11-20-15-6-4-5-14(10-15)19-3/h7-9,14-15,17-18H,4-6,10-11H2,1-3H3. The number of hydrogen-bond acceptors (Lipinski definition) is 3. The van der Waals surface area contributed by atoms with Gasteiger partial charge in [-0.3, -0.25) is 0 Å². The van der Waals surface area contributed by atoms with Crippen LogP contribution >= 0.6 is 0 Å². The van der Waals surface area contributed by atoms with Crippen LogP contribution in [0.2, 0.25) is 0 Å². The molecule has 1 N–H and O–H groups in total. The van der Waals surface area contributed by atoms with Crippen molar-refractivity contribution in [3.8, 4) is 0 Å². The normalized spacial score (nSPS) is 24.6. The van der Waals surface area contributed by atoms with Crippen LogP contribution in [-0.2, 0) is 9.47 Å². The van der Waals surface area contributed by atoms with Gasteiger partial charge in [-0.25, -0.2) is 0 Å². The van der Waals surface area contributed by atoms with E-state index in [1.54, 1.807) is 7.11 Å². The fourth-order valence-corrected chi connectivity index (χ4v) is 2.90. The second-order valence-electron chi connectivity index (χ2n) is 5.86. The molecule has 2 rings (SSSR count). The predicted molar refractivity (Wildman–Crippen MR) is 79.9 cm³/mol. The SMILES string of the molecule is COC1CCCC(OCC(O)c2cc(C)ccc2C)C1. The number of hydrogen-bond donors (Lipinski definition) is 1. The number of rotatable bonds is 5. The topological polar surface area (TPSA) is 38.7 Å². The van der Waals surface area contributed by atoms with Gasteiger partial charge in [0.05, 0.1) is 18.8 Å². The maximum atomic E-state index is 10.3. The van der Waals surface area contributed by atoms with Crippen molar-refractivity contribution in [2.24, 2.45) is 0 Å². The highest BCUT2D eigenvalue weighted by Gasteiger charge is 2.23. The fourth-order valence-electron chi connectivity index (χ4n) is 2.90. The Kier molecular flexibility index (Phi) is 5.58. The number of aryl methyl sites for hydroxylation is 2. The first-order valence-corrected chi connectivity index (χ1v) is 7.49. The molecule has 1 aromatic rings. The second kappa shape index (κ2) is 7.21. The largest absolute Gasteiger partial charge is 0.386 e. The third-order valence-corrected chi connectivity index (χ3v) is 4.19. The summed E-state index contributed by atoms with van der Waals surface area (Å²) in [6.07, 6.45) is 4.26. The molecule has 1 saturated carbocycles. The van der Waals surface area contributed by atoms with Gasteiger partial charge in [0.25, 0.3) is 0 Å². The van der Waals surface area contributed by atoms with Crippen LogP contribution in [0.4, 0.5) is 0 Å². The Morgan fingerprint density at radius 3 is 2.75 bits per heavy atom. The van der Waals surface area contributed by atoms with Gasteiger partial charge in [-0.15, -0.1) is 0 Å². The smallest absolute Gasteiger partial charge is 0.103 e. The first-order chi connectivity index (χ1) is 9.60. The average Bonchev–Trinajstić information content (AvgIpc) is 2.47. The highest BCUT2D eigenvalue weighted by atomic mass is 16.5. The van der Waals surface area contributed by atoms with E-state index < -0.39 is 6.10 Å². The molecular formula is C17H26O3. The molecular weight excluding hydrogens is 252 g/mol. The lowest BCUT2D eigenvalue weighted by atomic mass is 9.95. The summed E-state index contributed by atoms with van der Waals surface area (Å²) >= 11 is 0. The molecule has 0 heterocycles. The van der Waals surface area contributed by atoms with Crippen molar-refractivity contribution < 1.29 is 14.6 Å². The molecule has 3 nitrogen and oxygen atoms in total. The highest BCUT2D eigenvalue weighted by molar-refractivity contribution is 5.32. The number of methoxy groups -OCH3 is 1. The van der Waals surface area contributed by atoms with Crippen molar-refractivity contribution in [2.45, 2.75) is 57.8 Å². The summed E-state index contributed by atoms with van der Waals surface area (Å²) in [6.45, 7) is 4.44. The molecule has 0 saturated heterocycles. The second-order valence-corrected chi connectivity index (χ2v) is 5.86. The van der Waals surface area contributed by atoms with E-state index in [-0.39, 0.29) is 6.10 Å². The summed E-state index contributed by atoms with van der Waals surface area (Å²) in [5.74, 6) is 0. The third kappa shape index (κ3) is 4.05. The van der Waals surface area contributed by atoms with E-state index in [0.717, 1.165) is 36.8 Å². The van der Waals surface area contributed by atoms with Gasteiger partial charge >= 0.3 is 0 Å². The van der Waals surface area contributed by atoms with Gasteiger partial charge in [-0.1, -0.05) is 23.8 Å². The van der Waals surface area contributed by atoms with Crippen LogP contribution < -0.4 is 0 Å². The van der Waals surface area contributed by atoms with Gasteiger partial charge in [0, 0.05) is 7.11 Å². The van der Waals surface area contributed by atoms with E-state index in [1.165, 1.54) is 5.56 Å². The summed E-state index contributed by atoms with van der Waals surface area (Å²) in [7, 11) is 1.76. The highest BCUT2D eigenvalue weighted by Crippen LogP contribution is 2.25. The Labute approximate surface area is 121 Å². The van der Waals surface area contributed by atoms with Crippen molar-refractivity contribution in [2.75, 3.05) is 13.7 Å². The molecule has 0 radical (unpaired) electrons. The van der Waals surface area contributed by atoms with E-state index >= 15 is 0 Å². The molecule has 1 aliphatic carbocycles. The zero-order valence-electron chi connectivity index (χ0n) is 12.8. The van der Waals surface area contributed by atoms with Crippen LogP contribution in [0.5, 0.6) is 0 Å². The lowest BCUT2D eigenvalue weighted by Crippen LogP contribution is -2.28. The van der Waals surface area contributed by atoms with Crippen molar-refractivity contribution in [3.05, 3.63) is 34.9 Å². The zero-order valence-corrected chi connectivity index (χ0v) is 12.8. The van der Waals surface area contributed by atoms with E-state index in [9.17, 15) is 5.11 Å². The van der Waals surface area contributed by atoms with Crippen molar-refractivity contribution >= 4 is 0 Å². The monoisotopic (exact) mass is 278 g/mol. The maximum Gasteiger partial charge on any atom is 0.103 e. The lowest BCUT2D eigenvalue weighted by Gasteiger charge is -2.29. The van der Waals surface area contributed by atoms with Gasteiger partial charge in [-0.2, -0.15) is 0 Å². The Morgan fingerprint density at radius 2 is 2.00 bits per heavy atom. The molecule has 20 heavy (non-hydrogen) atoms. The van der Waals surface area contributed by atoms with Gasteiger partial charge in [0.15, 0.2) is 0 Å². The van der Waals surface area contributed by atoms with Crippen molar-refractivity contribution in [1.29, 1.82) is 0 Å². The minimum atomic E-state index is -0.544. The minimum absolute atomic E-state index is 0.216. The molecule has 0 aromatic heterocycles. The molecule has 1 aliphatic rings. The molecule has 1 fully saturated rings. The van der Waals surface area contributed by atoms with Crippen LogP contribution in [-0.4, -0.2) is 31.0 Å². The lowest BCUT2D eigenvalue weighted by molar-refractivity contribution is -0.0571. The summed E-state index contributed by atoms with van der Waals surface area (Å²) in [4.78, 5) is 0. The molecule has 0 amide bonds. The van der Waals surface area contributed by atoms with Crippen LogP contribution in [0, 0.1) is 13.8 Å². The Balaban J connectivity index is 1.88. The van der Waals surface area contributed by atoms with E-state index in [2.05, 4.69) is 12.1 Å². The van der Waals surface area contributed by atoms with Gasteiger partial charge in [-0.05, 0) is 50.7 Å². The Hall–Kier alpha value is -0.900. The molecule has 3 atom stereocenters. The van der Waals surface area contributed by atoms with Crippen molar-refractivity contribution in [3.63, 3.8) is 0 Å². The summed E-state index contributed by atoms with van der Waals surface area (Å²) < 4.78 is 11.3. The molecule has 0 aliphatic heterocycles. The van der Waals surface area contributed by atoms with Gasteiger partial charge in [0.1, 0.15) is 6.10 Å². The van der Waals surface area contributed by atoms with E-state index in [1.807, 2.05) is 19.9 Å². The first-order valence-electron chi connectivity index (χ1n) is 7.49. The summed E-state index contributed by atoms with van der Waals surface area (Å²) in [5, 5.41) is 10.3. The Bertz CT molecular complexity index is 430. The summed E-state index contributed by atoms with van der Waals surface area (Å²) in [6, 6.07) is 6.16. The van der Waals surface area contributed by atoms with Gasteiger partial charge < -0.3 is 14.6 Å². The molecule has 3 unspecified atom stereocenters. The quantitative estimate of drug-likeness (QED) is 0.898. The van der Waals surface area contributed by atoms with Gasteiger partial charge in [0.2, 0.25) is 0 Å². The number of aliphatic hydroxyl groups is 1. The molecule has 0 bridgehead atoms. The van der Waals surface area contributed by atoms with Crippen LogP contribution in [0.25, 0.3) is 0 Å². The average molecular weight is 278 g/mol. The molecule has 112 valence electrons. The molecule has 0 spiro atoms. The van der Waals surface area contributed by atoms with Crippen LogP contribution in [0.3, 0.4) is 0 Å². The first kappa shape index (κ1) is 15.5. The molecule has 1 aromatic carbocycles. The zero-order chi connectivity index (χ0) is 14.5. The summed E-state index contributed by atoms with van der Waals surface area (Å²) in [5.41, 5.74) is 3.26. The van der Waals surface area contributed by atoms with E-state index in [4.69, 9.17) is 9.47 Å². The number of benzene rings is 1. The third-order valence-electron chi connectivity index (χ3n) is 4.19. The fraction of sp³-hybridized carbons (Fsp3) is 0.647.